The van der Waals surface area contributed by atoms with Gasteiger partial charge in [0, 0.05) is 23.7 Å². The van der Waals surface area contributed by atoms with Gasteiger partial charge in [0.1, 0.15) is 6.26 Å². The van der Waals surface area contributed by atoms with Gasteiger partial charge in [0.25, 0.3) is 0 Å². The van der Waals surface area contributed by atoms with Gasteiger partial charge in [-0.2, -0.15) is 0 Å². The molecule has 0 fully saturated rings. The van der Waals surface area contributed by atoms with Crippen LogP contribution in [0.3, 0.4) is 0 Å². The molecule has 0 unspecified atom stereocenters. The summed E-state index contributed by atoms with van der Waals surface area (Å²) in [4.78, 5) is 17.1. The van der Waals surface area contributed by atoms with Crippen molar-refractivity contribution in [3.63, 3.8) is 0 Å². The van der Waals surface area contributed by atoms with Crippen molar-refractivity contribution in [1.29, 1.82) is 0 Å². The minimum absolute atomic E-state index is 0.121. The SMILES string of the molecule is CCN(CCC(=O)O)Cc1coc(-c2ccc(Cl)cc2)n1. The second-order valence-corrected chi connectivity index (χ2v) is 5.10. The predicted octanol–water partition coefficient (Wildman–Crippen LogP) is 3.29. The highest BCUT2D eigenvalue weighted by Gasteiger charge is 2.11. The van der Waals surface area contributed by atoms with Gasteiger partial charge < -0.3 is 9.52 Å². The van der Waals surface area contributed by atoms with Gasteiger partial charge in [-0.05, 0) is 30.8 Å². The van der Waals surface area contributed by atoms with Crippen LogP contribution in [-0.2, 0) is 11.3 Å². The molecule has 2 aromatic rings. The summed E-state index contributed by atoms with van der Waals surface area (Å²) >= 11 is 5.85. The molecular weight excluding hydrogens is 292 g/mol. The van der Waals surface area contributed by atoms with Gasteiger partial charge in [-0.15, -0.1) is 0 Å². The molecule has 0 bridgehead atoms. The maximum Gasteiger partial charge on any atom is 0.304 e. The molecule has 21 heavy (non-hydrogen) atoms. The smallest absolute Gasteiger partial charge is 0.304 e. The van der Waals surface area contributed by atoms with E-state index in [0.29, 0.717) is 24.0 Å². The Morgan fingerprint density at radius 1 is 1.38 bits per heavy atom. The van der Waals surface area contributed by atoms with Crippen LogP contribution >= 0.6 is 11.6 Å². The van der Waals surface area contributed by atoms with E-state index >= 15 is 0 Å². The van der Waals surface area contributed by atoms with E-state index in [2.05, 4.69) is 4.98 Å². The first-order valence-electron chi connectivity index (χ1n) is 6.73. The van der Waals surface area contributed by atoms with Crippen LogP contribution < -0.4 is 0 Å². The number of carboxylic acid groups (broad SMARTS) is 1. The van der Waals surface area contributed by atoms with Gasteiger partial charge in [0.15, 0.2) is 0 Å². The first-order valence-corrected chi connectivity index (χ1v) is 7.10. The van der Waals surface area contributed by atoms with Crippen molar-refractivity contribution in [3.8, 4) is 11.5 Å². The van der Waals surface area contributed by atoms with Gasteiger partial charge in [-0.3, -0.25) is 9.69 Å². The van der Waals surface area contributed by atoms with Crippen LogP contribution in [0.15, 0.2) is 34.9 Å². The Balaban J connectivity index is 2.01. The molecule has 0 aliphatic heterocycles. The topological polar surface area (TPSA) is 66.6 Å². The average molecular weight is 309 g/mol. The summed E-state index contributed by atoms with van der Waals surface area (Å²) in [6.45, 7) is 3.81. The van der Waals surface area contributed by atoms with Crippen LogP contribution in [0.4, 0.5) is 0 Å². The van der Waals surface area contributed by atoms with Gasteiger partial charge in [-0.25, -0.2) is 4.98 Å². The maximum absolute atomic E-state index is 10.6. The molecule has 1 aromatic carbocycles. The number of benzene rings is 1. The number of hydrogen-bond donors (Lipinski definition) is 1. The Morgan fingerprint density at radius 3 is 2.71 bits per heavy atom. The van der Waals surface area contributed by atoms with Crippen LogP contribution in [0, 0.1) is 0 Å². The number of aromatic nitrogens is 1. The number of oxazole rings is 1. The molecule has 6 heteroatoms. The van der Waals surface area contributed by atoms with Crippen LogP contribution in [0.1, 0.15) is 19.0 Å². The zero-order valence-electron chi connectivity index (χ0n) is 11.8. The van der Waals surface area contributed by atoms with Crippen LogP contribution in [0.5, 0.6) is 0 Å². The number of carbonyl (C=O) groups is 1. The summed E-state index contributed by atoms with van der Waals surface area (Å²) in [6.07, 6.45) is 1.73. The lowest BCUT2D eigenvalue weighted by molar-refractivity contribution is -0.137. The Hall–Kier alpha value is -1.85. The summed E-state index contributed by atoms with van der Waals surface area (Å²) < 4.78 is 5.46. The summed E-state index contributed by atoms with van der Waals surface area (Å²) in [6, 6.07) is 7.26. The Labute approximate surface area is 128 Å². The molecule has 2 rings (SSSR count). The number of hydrogen-bond acceptors (Lipinski definition) is 4. The molecule has 0 aliphatic rings. The molecule has 1 aromatic heterocycles. The van der Waals surface area contributed by atoms with Crippen molar-refractivity contribution >= 4 is 17.6 Å². The normalized spacial score (nSPS) is 11.0. The van der Waals surface area contributed by atoms with Crippen LogP contribution in [0.2, 0.25) is 5.02 Å². The molecule has 112 valence electrons. The maximum atomic E-state index is 10.6. The zero-order valence-corrected chi connectivity index (χ0v) is 12.5. The third kappa shape index (κ3) is 4.58. The molecule has 5 nitrogen and oxygen atoms in total. The van der Waals surface area contributed by atoms with E-state index in [-0.39, 0.29) is 6.42 Å². The molecule has 0 saturated carbocycles. The number of aliphatic carboxylic acids is 1. The molecule has 1 heterocycles. The van der Waals surface area contributed by atoms with Crippen LogP contribution in [-0.4, -0.2) is 34.0 Å². The lowest BCUT2D eigenvalue weighted by atomic mass is 10.2. The van der Waals surface area contributed by atoms with Crippen molar-refractivity contribution in [2.45, 2.75) is 19.9 Å². The lowest BCUT2D eigenvalue weighted by Gasteiger charge is -2.17. The van der Waals surface area contributed by atoms with Gasteiger partial charge in [0.05, 0.1) is 12.1 Å². The van der Waals surface area contributed by atoms with Crippen molar-refractivity contribution in [2.24, 2.45) is 0 Å². The number of halogens is 1. The van der Waals surface area contributed by atoms with Crippen molar-refractivity contribution in [2.75, 3.05) is 13.1 Å². The van der Waals surface area contributed by atoms with E-state index in [1.165, 1.54) is 0 Å². The minimum Gasteiger partial charge on any atom is -0.481 e. The first kappa shape index (κ1) is 15.5. The summed E-state index contributed by atoms with van der Waals surface area (Å²) in [7, 11) is 0. The third-order valence-corrected chi connectivity index (χ3v) is 3.37. The highest BCUT2D eigenvalue weighted by molar-refractivity contribution is 6.30. The fourth-order valence-corrected chi connectivity index (χ4v) is 2.06. The van der Waals surface area contributed by atoms with Crippen molar-refractivity contribution < 1.29 is 14.3 Å². The fraction of sp³-hybridized carbons (Fsp3) is 0.333. The van der Waals surface area contributed by atoms with Crippen molar-refractivity contribution in [1.82, 2.24) is 9.88 Å². The largest absolute Gasteiger partial charge is 0.481 e. The van der Waals surface area contributed by atoms with E-state index in [0.717, 1.165) is 17.8 Å². The fourth-order valence-electron chi connectivity index (χ4n) is 1.94. The molecule has 0 radical (unpaired) electrons. The Bertz CT molecular complexity index is 595. The summed E-state index contributed by atoms with van der Waals surface area (Å²) in [5.74, 6) is -0.258. The highest BCUT2D eigenvalue weighted by Crippen LogP contribution is 2.21. The van der Waals surface area contributed by atoms with Crippen molar-refractivity contribution in [3.05, 3.63) is 41.2 Å². The number of nitrogens with zero attached hydrogens (tertiary/aromatic N) is 2. The lowest BCUT2D eigenvalue weighted by Crippen LogP contribution is -2.25. The minimum atomic E-state index is -0.796. The monoisotopic (exact) mass is 308 g/mol. The van der Waals surface area contributed by atoms with E-state index in [4.69, 9.17) is 21.1 Å². The predicted molar refractivity (Wildman–Crippen MR) is 80.2 cm³/mol. The van der Waals surface area contributed by atoms with Gasteiger partial charge >= 0.3 is 5.97 Å². The highest BCUT2D eigenvalue weighted by atomic mass is 35.5. The summed E-state index contributed by atoms with van der Waals surface area (Å²) in [5.41, 5.74) is 1.64. The van der Waals surface area contributed by atoms with Gasteiger partial charge in [-0.1, -0.05) is 18.5 Å². The second-order valence-electron chi connectivity index (χ2n) is 4.66. The molecular formula is C15H17ClN2O3. The number of rotatable bonds is 7. The van der Waals surface area contributed by atoms with E-state index in [1.807, 2.05) is 24.0 Å². The Morgan fingerprint density at radius 2 is 2.10 bits per heavy atom. The third-order valence-electron chi connectivity index (χ3n) is 3.12. The zero-order chi connectivity index (χ0) is 15.2. The summed E-state index contributed by atoms with van der Waals surface area (Å²) in [5, 5.41) is 9.39. The molecule has 0 atom stereocenters. The molecule has 1 N–H and O–H groups in total. The number of carboxylic acids is 1. The van der Waals surface area contributed by atoms with Gasteiger partial charge in [0.2, 0.25) is 5.89 Å². The first-order chi connectivity index (χ1) is 10.1. The molecule has 0 aliphatic carbocycles. The second kappa shape index (κ2) is 7.24. The Kier molecular flexibility index (Phi) is 5.36. The quantitative estimate of drug-likeness (QED) is 0.850. The van der Waals surface area contributed by atoms with E-state index in [1.54, 1.807) is 18.4 Å². The standard InChI is InChI=1S/C15H17ClN2O3/c1-2-18(8-7-14(19)20)9-13-10-21-15(17-13)11-3-5-12(16)6-4-11/h3-6,10H,2,7-9H2,1H3,(H,19,20). The molecule has 0 spiro atoms. The van der Waals surface area contributed by atoms with Crippen LogP contribution in [0.25, 0.3) is 11.5 Å². The average Bonchev–Trinajstić information content (AvgIpc) is 2.92. The van der Waals surface area contributed by atoms with E-state index < -0.39 is 5.97 Å². The molecule has 0 amide bonds. The van der Waals surface area contributed by atoms with E-state index in [9.17, 15) is 4.79 Å². The molecule has 0 saturated heterocycles.